The molecule has 0 atom stereocenters. The molecule has 0 unspecified atom stereocenters. The molecule has 4 aromatic carbocycles. The topological polar surface area (TPSA) is 40.5 Å². The van der Waals surface area contributed by atoms with Gasteiger partial charge in [-0.3, -0.25) is 0 Å². The highest BCUT2D eigenvalue weighted by atomic mass is 127. The molecule has 0 aliphatic carbocycles. The number of hydrogen-bond acceptors (Lipinski definition) is 2. The van der Waals surface area contributed by atoms with E-state index in [0.29, 0.717) is 0 Å². The third-order valence-electron chi connectivity index (χ3n) is 5.15. The molecule has 0 radical (unpaired) electrons. The SMILES string of the molecule is Oc1ccc(C(CI)c2ccc(O)cc2-c2ccccc2)c(-c2ccccc2)c1. The second-order valence-electron chi connectivity index (χ2n) is 6.98. The maximum Gasteiger partial charge on any atom is 0.116 e. The average molecular weight is 492 g/mol. The first kappa shape index (κ1) is 19.5. The third-order valence-corrected chi connectivity index (χ3v) is 6.03. The van der Waals surface area contributed by atoms with Crippen molar-refractivity contribution in [2.24, 2.45) is 0 Å². The van der Waals surface area contributed by atoms with Gasteiger partial charge in [-0.25, -0.2) is 0 Å². The van der Waals surface area contributed by atoms with Gasteiger partial charge in [0.15, 0.2) is 0 Å². The Bertz CT molecular complexity index is 1020. The van der Waals surface area contributed by atoms with Crippen molar-refractivity contribution in [1.29, 1.82) is 0 Å². The Labute approximate surface area is 184 Å². The zero-order valence-electron chi connectivity index (χ0n) is 15.8. The summed E-state index contributed by atoms with van der Waals surface area (Å²) >= 11 is 2.42. The van der Waals surface area contributed by atoms with Crippen molar-refractivity contribution in [3.63, 3.8) is 0 Å². The molecular formula is C26H21IO2. The molecule has 0 fully saturated rings. The first-order valence-corrected chi connectivity index (χ1v) is 11.0. The van der Waals surface area contributed by atoms with Gasteiger partial charge in [0, 0.05) is 10.3 Å². The van der Waals surface area contributed by atoms with Crippen LogP contribution in [-0.2, 0) is 0 Å². The summed E-state index contributed by atoms with van der Waals surface area (Å²) in [6.07, 6.45) is 0. The first-order chi connectivity index (χ1) is 14.2. The Balaban J connectivity index is 1.91. The molecule has 2 nitrogen and oxygen atoms in total. The van der Waals surface area contributed by atoms with Crippen LogP contribution >= 0.6 is 22.6 Å². The van der Waals surface area contributed by atoms with E-state index in [4.69, 9.17) is 0 Å². The van der Waals surface area contributed by atoms with E-state index in [1.807, 2.05) is 60.7 Å². The van der Waals surface area contributed by atoms with Gasteiger partial charge in [-0.15, -0.1) is 0 Å². The Hall–Kier alpha value is -2.79. The van der Waals surface area contributed by atoms with Gasteiger partial charge >= 0.3 is 0 Å². The van der Waals surface area contributed by atoms with E-state index in [1.54, 1.807) is 12.1 Å². The van der Waals surface area contributed by atoms with Crippen LogP contribution < -0.4 is 0 Å². The predicted molar refractivity (Wildman–Crippen MR) is 128 cm³/mol. The highest BCUT2D eigenvalue weighted by Gasteiger charge is 2.21. The Morgan fingerprint density at radius 2 is 1.00 bits per heavy atom. The van der Waals surface area contributed by atoms with Crippen LogP contribution in [-0.4, -0.2) is 14.6 Å². The van der Waals surface area contributed by atoms with Crippen LogP contribution in [0.15, 0.2) is 97.1 Å². The number of phenolic OH excluding ortho intramolecular Hbond substituents is 2. The molecule has 0 aliphatic heterocycles. The Morgan fingerprint density at radius 3 is 1.38 bits per heavy atom. The van der Waals surface area contributed by atoms with Gasteiger partial charge in [-0.05, 0) is 57.6 Å². The molecule has 0 bridgehead atoms. The molecule has 0 spiro atoms. The molecule has 29 heavy (non-hydrogen) atoms. The van der Waals surface area contributed by atoms with Gasteiger partial charge in [-0.1, -0.05) is 95.4 Å². The van der Waals surface area contributed by atoms with Crippen molar-refractivity contribution in [2.45, 2.75) is 5.92 Å². The molecule has 0 amide bonds. The maximum atomic E-state index is 10.2. The van der Waals surface area contributed by atoms with Gasteiger partial charge < -0.3 is 10.2 Å². The zero-order valence-corrected chi connectivity index (χ0v) is 18.0. The number of hydrogen-bond donors (Lipinski definition) is 2. The zero-order chi connectivity index (χ0) is 20.2. The number of rotatable bonds is 5. The fourth-order valence-corrected chi connectivity index (χ4v) is 4.71. The van der Waals surface area contributed by atoms with Crippen LogP contribution in [0, 0.1) is 0 Å². The van der Waals surface area contributed by atoms with Crippen LogP contribution in [0.5, 0.6) is 11.5 Å². The van der Waals surface area contributed by atoms with Crippen molar-refractivity contribution >= 4 is 22.6 Å². The predicted octanol–water partition coefficient (Wildman–Crippen LogP) is 7.00. The lowest BCUT2D eigenvalue weighted by molar-refractivity contribution is 0.475. The minimum absolute atomic E-state index is 0.113. The lowest BCUT2D eigenvalue weighted by Crippen LogP contribution is -2.06. The molecule has 0 aliphatic rings. The summed E-state index contributed by atoms with van der Waals surface area (Å²) in [5, 5.41) is 20.3. The van der Waals surface area contributed by atoms with Crippen molar-refractivity contribution in [1.82, 2.24) is 0 Å². The number of aromatic hydroxyl groups is 2. The largest absolute Gasteiger partial charge is 0.508 e. The van der Waals surface area contributed by atoms with Gasteiger partial charge in [0.25, 0.3) is 0 Å². The van der Waals surface area contributed by atoms with Crippen molar-refractivity contribution in [3.05, 3.63) is 108 Å². The molecule has 0 aromatic heterocycles. The minimum atomic E-state index is 0.113. The summed E-state index contributed by atoms with van der Waals surface area (Å²) in [6.45, 7) is 0. The highest BCUT2D eigenvalue weighted by Crippen LogP contribution is 2.41. The summed E-state index contributed by atoms with van der Waals surface area (Å²) in [6, 6.07) is 31.5. The molecule has 0 saturated heterocycles. The van der Waals surface area contributed by atoms with E-state index in [1.165, 1.54) is 0 Å². The molecule has 4 rings (SSSR count). The standard InChI is InChI=1S/C26H21IO2/c27-17-26(22-13-11-20(28)15-24(22)18-7-3-1-4-8-18)23-14-12-21(29)16-25(23)19-9-5-2-6-10-19/h1-16,26,28-29H,17H2. The molecule has 2 N–H and O–H groups in total. The monoisotopic (exact) mass is 492 g/mol. The summed E-state index contributed by atoms with van der Waals surface area (Å²) in [7, 11) is 0. The lowest BCUT2D eigenvalue weighted by atomic mass is 9.83. The Morgan fingerprint density at radius 1 is 0.586 bits per heavy atom. The number of benzene rings is 4. The van der Waals surface area contributed by atoms with E-state index >= 15 is 0 Å². The summed E-state index contributed by atoms with van der Waals surface area (Å²) in [4.78, 5) is 0. The average Bonchev–Trinajstić information content (AvgIpc) is 2.77. The molecule has 3 heteroatoms. The first-order valence-electron chi connectivity index (χ1n) is 9.50. The lowest BCUT2D eigenvalue weighted by Gasteiger charge is -2.23. The van der Waals surface area contributed by atoms with E-state index in [9.17, 15) is 10.2 Å². The van der Waals surface area contributed by atoms with Gasteiger partial charge in [0.2, 0.25) is 0 Å². The van der Waals surface area contributed by atoms with Crippen LogP contribution in [0.4, 0.5) is 0 Å². The van der Waals surface area contributed by atoms with Gasteiger partial charge in [-0.2, -0.15) is 0 Å². The molecule has 144 valence electrons. The maximum absolute atomic E-state index is 10.2. The fraction of sp³-hybridized carbons (Fsp3) is 0.0769. The van der Waals surface area contributed by atoms with Crippen LogP contribution in [0.25, 0.3) is 22.3 Å². The second-order valence-corrected chi connectivity index (χ2v) is 7.86. The minimum Gasteiger partial charge on any atom is -0.508 e. The van der Waals surface area contributed by atoms with E-state index in [-0.39, 0.29) is 17.4 Å². The fourth-order valence-electron chi connectivity index (χ4n) is 3.77. The molecule has 0 heterocycles. The van der Waals surface area contributed by atoms with Crippen LogP contribution in [0.3, 0.4) is 0 Å². The smallest absolute Gasteiger partial charge is 0.116 e. The van der Waals surface area contributed by atoms with Crippen LogP contribution in [0.2, 0.25) is 0 Å². The molecular weight excluding hydrogens is 471 g/mol. The summed E-state index contributed by atoms with van der Waals surface area (Å²) in [5.41, 5.74) is 6.53. The van der Waals surface area contributed by atoms with Gasteiger partial charge in [0.1, 0.15) is 11.5 Å². The summed E-state index contributed by atoms with van der Waals surface area (Å²) in [5.74, 6) is 0.629. The molecule has 0 saturated carbocycles. The van der Waals surface area contributed by atoms with Crippen molar-refractivity contribution in [2.75, 3.05) is 4.43 Å². The second kappa shape index (κ2) is 8.70. The van der Waals surface area contributed by atoms with Gasteiger partial charge in [0.05, 0.1) is 0 Å². The number of phenols is 2. The van der Waals surface area contributed by atoms with Crippen LogP contribution in [0.1, 0.15) is 17.0 Å². The van der Waals surface area contributed by atoms with E-state index in [2.05, 4.69) is 46.9 Å². The Kier molecular flexibility index (Phi) is 5.86. The van der Waals surface area contributed by atoms with E-state index in [0.717, 1.165) is 37.8 Å². The quantitative estimate of drug-likeness (QED) is 0.233. The number of halogens is 1. The highest BCUT2D eigenvalue weighted by molar-refractivity contribution is 14.1. The molecule has 4 aromatic rings. The normalized spacial score (nSPS) is 11.0. The number of alkyl halides is 1. The van der Waals surface area contributed by atoms with Crippen molar-refractivity contribution in [3.8, 4) is 33.8 Å². The third kappa shape index (κ3) is 4.15. The van der Waals surface area contributed by atoms with E-state index < -0.39 is 0 Å². The van der Waals surface area contributed by atoms with Crippen molar-refractivity contribution < 1.29 is 10.2 Å². The summed E-state index contributed by atoms with van der Waals surface area (Å²) < 4.78 is 0.868.